The summed E-state index contributed by atoms with van der Waals surface area (Å²) in [5, 5.41) is 8.01. The van der Waals surface area contributed by atoms with Crippen molar-refractivity contribution < 1.29 is 66.6 Å². The molecule has 2 rings (SSSR count). The van der Waals surface area contributed by atoms with Gasteiger partial charge in [-0.05, 0) is 38.0 Å². The molecule has 0 radical (unpaired) electrons. The van der Waals surface area contributed by atoms with Crippen molar-refractivity contribution >= 4 is 41.2 Å². The molecule has 17 nitrogen and oxygen atoms in total. The predicted molar refractivity (Wildman–Crippen MR) is 211 cm³/mol. The molecular formula is C40H55N3O14. The predicted octanol–water partition coefficient (Wildman–Crippen LogP) is 5.64. The fourth-order valence-corrected chi connectivity index (χ4v) is 4.94. The van der Waals surface area contributed by atoms with E-state index >= 15 is 0 Å². The Morgan fingerprint density at radius 2 is 1.25 bits per heavy atom. The van der Waals surface area contributed by atoms with Crippen LogP contribution >= 0.6 is 0 Å². The number of amides is 3. The minimum Gasteiger partial charge on any atom is -0.493 e. The second-order valence-corrected chi connectivity index (χ2v) is 12.1. The third-order valence-electron chi connectivity index (χ3n) is 7.68. The Bertz CT molecular complexity index is 1650. The molecule has 0 aromatic heterocycles. The summed E-state index contributed by atoms with van der Waals surface area (Å²) in [5.41, 5.74) is 1.10. The highest BCUT2D eigenvalue weighted by Gasteiger charge is 2.21. The number of benzene rings is 2. The quantitative estimate of drug-likeness (QED) is 0.0313. The first kappa shape index (κ1) is 47.5. The van der Waals surface area contributed by atoms with Crippen LogP contribution in [-0.2, 0) is 33.2 Å². The normalized spacial score (nSPS) is 11.0. The van der Waals surface area contributed by atoms with Crippen LogP contribution in [-0.4, -0.2) is 116 Å². The van der Waals surface area contributed by atoms with Crippen LogP contribution in [0.1, 0.15) is 59.4 Å². The summed E-state index contributed by atoms with van der Waals surface area (Å²) >= 11 is 0. The van der Waals surface area contributed by atoms with E-state index in [1.165, 1.54) is 57.6 Å². The molecule has 0 aliphatic heterocycles. The molecule has 0 bridgehead atoms. The molecule has 314 valence electrons. The van der Waals surface area contributed by atoms with Gasteiger partial charge in [-0.25, -0.2) is 14.4 Å². The number of rotatable bonds is 28. The van der Waals surface area contributed by atoms with Crippen molar-refractivity contribution in [2.75, 3.05) is 90.9 Å². The van der Waals surface area contributed by atoms with Crippen LogP contribution in [0.15, 0.2) is 49.6 Å². The lowest BCUT2D eigenvalue weighted by Crippen LogP contribution is -2.39. The Hall–Kier alpha value is -5.65. The van der Waals surface area contributed by atoms with Crippen molar-refractivity contribution in [3.05, 3.63) is 66.3 Å². The van der Waals surface area contributed by atoms with Crippen LogP contribution in [0.4, 0.5) is 21.0 Å². The van der Waals surface area contributed by atoms with Gasteiger partial charge in [-0.1, -0.05) is 32.2 Å². The molecule has 0 heterocycles. The van der Waals surface area contributed by atoms with Crippen LogP contribution in [0.25, 0.3) is 0 Å². The van der Waals surface area contributed by atoms with Crippen LogP contribution < -0.4 is 30.2 Å². The van der Waals surface area contributed by atoms with Gasteiger partial charge in [-0.3, -0.25) is 20.2 Å². The molecule has 2 aromatic carbocycles. The molecule has 1 atom stereocenters. The van der Waals surface area contributed by atoms with Gasteiger partial charge in [0.15, 0.2) is 17.3 Å². The van der Waals surface area contributed by atoms with Gasteiger partial charge in [0.05, 0.1) is 70.8 Å². The van der Waals surface area contributed by atoms with Crippen LogP contribution in [0, 0.1) is 6.92 Å². The van der Waals surface area contributed by atoms with E-state index < -0.39 is 24.2 Å². The van der Waals surface area contributed by atoms with Crippen LogP contribution in [0.2, 0.25) is 0 Å². The van der Waals surface area contributed by atoms with Gasteiger partial charge < -0.3 is 47.9 Å². The number of ether oxygens (including phenoxy) is 9. The van der Waals surface area contributed by atoms with Gasteiger partial charge >= 0.3 is 18.2 Å². The molecule has 0 spiro atoms. The van der Waals surface area contributed by atoms with Crippen LogP contribution in [0.5, 0.6) is 17.2 Å². The monoisotopic (exact) mass is 801 g/mol. The average molecular weight is 802 g/mol. The maximum atomic E-state index is 13.0. The van der Waals surface area contributed by atoms with Crippen LogP contribution in [0.3, 0.4) is 0 Å². The van der Waals surface area contributed by atoms with Gasteiger partial charge in [-0.2, -0.15) is 0 Å². The van der Waals surface area contributed by atoms with E-state index in [2.05, 4.69) is 29.1 Å². The zero-order valence-corrected chi connectivity index (χ0v) is 33.4. The SMILES string of the molecule is C=CCOC(=O)Nc1cc(OCCC(CCOc2cc(NC(=O)OCC=C)c(C(=O)OC)cc2C)NC(=O)COCCOCCOCCC)c(OC)cc1C(C)=O. The van der Waals surface area contributed by atoms with Crippen molar-refractivity contribution in [2.24, 2.45) is 0 Å². The Kier molecular flexibility index (Phi) is 22.5. The van der Waals surface area contributed by atoms with Gasteiger partial charge in [0, 0.05) is 43.2 Å². The summed E-state index contributed by atoms with van der Waals surface area (Å²) in [5.74, 6) is -0.577. The molecule has 0 aliphatic rings. The Balaban J connectivity index is 2.20. The van der Waals surface area contributed by atoms with Crippen molar-refractivity contribution in [1.29, 1.82) is 0 Å². The number of carbonyl (C=O) groups is 5. The number of ketones is 1. The van der Waals surface area contributed by atoms with E-state index in [1.54, 1.807) is 6.92 Å². The summed E-state index contributed by atoms with van der Waals surface area (Å²) in [4.78, 5) is 62.4. The number of esters is 1. The first-order valence-electron chi connectivity index (χ1n) is 18.3. The molecule has 3 N–H and O–H groups in total. The minimum atomic E-state index is -0.810. The number of anilines is 2. The molecule has 3 amide bonds. The Morgan fingerprint density at radius 3 is 1.79 bits per heavy atom. The van der Waals surface area contributed by atoms with Gasteiger partial charge in [0.1, 0.15) is 25.6 Å². The highest BCUT2D eigenvalue weighted by Crippen LogP contribution is 2.34. The topological polar surface area (TPSA) is 205 Å². The second kappa shape index (κ2) is 27.0. The molecular weight excluding hydrogens is 746 g/mol. The summed E-state index contributed by atoms with van der Waals surface area (Å²) in [6, 6.07) is 5.40. The summed E-state index contributed by atoms with van der Waals surface area (Å²) in [7, 11) is 2.63. The van der Waals surface area contributed by atoms with Gasteiger partial charge in [0.25, 0.3) is 0 Å². The van der Waals surface area contributed by atoms with E-state index in [-0.39, 0.29) is 98.4 Å². The Labute approximate surface area is 333 Å². The van der Waals surface area contributed by atoms with E-state index in [1.807, 2.05) is 6.92 Å². The highest BCUT2D eigenvalue weighted by molar-refractivity contribution is 6.03. The lowest BCUT2D eigenvalue weighted by atomic mass is 10.1. The minimum absolute atomic E-state index is 0.0356. The largest absolute Gasteiger partial charge is 0.493 e. The highest BCUT2D eigenvalue weighted by atomic mass is 16.6. The zero-order chi connectivity index (χ0) is 42.0. The molecule has 0 saturated heterocycles. The van der Waals surface area contributed by atoms with Gasteiger partial charge in [0.2, 0.25) is 5.91 Å². The van der Waals surface area contributed by atoms with Crippen molar-refractivity contribution in [1.82, 2.24) is 5.32 Å². The van der Waals surface area contributed by atoms with Crippen molar-refractivity contribution in [2.45, 2.75) is 46.1 Å². The molecule has 1 unspecified atom stereocenters. The summed E-state index contributed by atoms with van der Waals surface area (Å²) in [6.07, 6.45) is 2.69. The lowest BCUT2D eigenvalue weighted by Gasteiger charge is -2.21. The lowest BCUT2D eigenvalue weighted by molar-refractivity contribution is -0.127. The zero-order valence-electron chi connectivity index (χ0n) is 33.4. The first-order chi connectivity index (χ1) is 27.5. The van der Waals surface area contributed by atoms with E-state index in [0.29, 0.717) is 37.6 Å². The number of nitrogens with one attached hydrogen (secondary N) is 3. The number of carbonyl (C=O) groups excluding carboxylic acids is 5. The summed E-state index contributed by atoms with van der Waals surface area (Å²) in [6.45, 7) is 14.0. The maximum absolute atomic E-state index is 13.0. The third kappa shape index (κ3) is 17.8. The summed E-state index contributed by atoms with van der Waals surface area (Å²) < 4.78 is 48.8. The number of aryl methyl sites for hydroxylation is 1. The van der Waals surface area contributed by atoms with Gasteiger partial charge in [-0.15, -0.1) is 0 Å². The standard InChI is InChI=1S/C40H55N3O14/c1-8-13-51-18-19-52-20-21-53-26-37(45)41-29(11-16-54-34-24-33(43-40(48)57-15-10-3)31(22-27(34)4)38(46)50-7)12-17-55-36-25-32(42-39(47)56-14-9-2)30(28(5)44)23-35(36)49-6/h9-10,22-25,29H,2-3,8,11-21,26H2,1,4-7H3,(H,41,45)(H,42,47)(H,43,48). The van der Waals surface area contributed by atoms with E-state index in [0.717, 1.165) is 6.42 Å². The third-order valence-corrected chi connectivity index (χ3v) is 7.68. The number of methoxy groups -OCH3 is 2. The average Bonchev–Trinajstić information content (AvgIpc) is 3.19. The second-order valence-electron chi connectivity index (χ2n) is 12.1. The molecule has 57 heavy (non-hydrogen) atoms. The molecule has 17 heteroatoms. The number of hydrogen-bond donors (Lipinski definition) is 3. The first-order valence-corrected chi connectivity index (χ1v) is 18.3. The molecule has 0 aliphatic carbocycles. The van der Waals surface area contributed by atoms with E-state index in [9.17, 15) is 24.0 Å². The van der Waals surface area contributed by atoms with Crippen molar-refractivity contribution in [3.63, 3.8) is 0 Å². The molecule has 0 saturated carbocycles. The molecule has 0 fully saturated rings. The van der Waals surface area contributed by atoms with Crippen molar-refractivity contribution in [3.8, 4) is 17.2 Å². The van der Waals surface area contributed by atoms with E-state index in [4.69, 9.17) is 42.6 Å². The number of hydrogen-bond acceptors (Lipinski definition) is 14. The number of Topliss-reactive ketones (excluding diaryl/α,β-unsaturated/α-hetero) is 1. The fraction of sp³-hybridized carbons (Fsp3) is 0.475. The fourth-order valence-electron chi connectivity index (χ4n) is 4.94. The Morgan fingerprint density at radius 1 is 0.702 bits per heavy atom. The molecule has 2 aromatic rings. The smallest absolute Gasteiger partial charge is 0.411 e. The maximum Gasteiger partial charge on any atom is 0.411 e.